The van der Waals surface area contributed by atoms with Crippen LogP contribution >= 0.6 is 0 Å². The number of aromatic amines is 1. The van der Waals surface area contributed by atoms with Gasteiger partial charge in [-0.05, 0) is 30.0 Å². The number of rotatable bonds is 8. The van der Waals surface area contributed by atoms with Crippen molar-refractivity contribution in [1.82, 2.24) is 4.98 Å². The lowest BCUT2D eigenvalue weighted by atomic mass is 10.2. The highest BCUT2D eigenvalue weighted by Crippen LogP contribution is 2.19. The molecular weight excluding hydrogens is 273 g/mol. The van der Waals surface area contributed by atoms with Gasteiger partial charge in [0, 0.05) is 18.7 Å². The van der Waals surface area contributed by atoms with Crippen molar-refractivity contribution in [3.63, 3.8) is 0 Å². The molecule has 21 heavy (non-hydrogen) atoms. The summed E-state index contributed by atoms with van der Waals surface area (Å²) in [5.41, 5.74) is 0.495. The van der Waals surface area contributed by atoms with E-state index in [2.05, 4.69) is 11.9 Å². The lowest BCUT2D eigenvalue weighted by Crippen LogP contribution is -2.25. The summed E-state index contributed by atoms with van der Waals surface area (Å²) in [6.45, 7) is 2.29. The van der Waals surface area contributed by atoms with Crippen LogP contribution in [0.4, 0.5) is 4.39 Å². The van der Waals surface area contributed by atoms with Crippen molar-refractivity contribution < 1.29 is 13.9 Å². The molecular formula is C16H20FNO3. The molecule has 2 aromatic rings. The van der Waals surface area contributed by atoms with Crippen molar-refractivity contribution in [3.8, 4) is 5.75 Å². The molecule has 0 aliphatic heterocycles. The zero-order valence-corrected chi connectivity index (χ0v) is 12.1. The van der Waals surface area contributed by atoms with Crippen LogP contribution in [0.2, 0.25) is 0 Å². The molecule has 1 aromatic heterocycles. The number of alkyl halides is 1. The van der Waals surface area contributed by atoms with Crippen LogP contribution in [0.15, 0.2) is 35.1 Å². The maximum atomic E-state index is 13.0. The van der Waals surface area contributed by atoms with Crippen LogP contribution in [0, 0.1) is 0 Å². The number of nitrogens with one attached hydrogen (secondary N) is 1. The zero-order valence-electron chi connectivity index (χ0n) is 12.1. The standard InChI is InChI=1S/C16H20FNO3/c1-2-3-8-20-11-14(10-17)21-13-6-4-12-5-7-16(19)18-15(12)9-13/h4-7,9,14H,2-3,8,10-11H2,1H3,(H,18,19). The monoisotopic (exact) mass is 293 g/mol. The molecule has 0 radical (unpaired) electrons. The number of ether oxygens (including phenoxy) is 2. The number of hydrogen-bond donors (Lipinski definition) is 1. The Balaban J connectivity index is 2.01. The second-order valence-corrected chi connectivity index (χ2v) is 4.89. The van der Waals surface area contributed by atoms with Gasteiger partial charge in [-0.15, -0.1) is 0 Å². The first-order chi connectivity index (χ1) is 10.2. The van der Waals surface area contributed by atoms with Gasteiger partial charge in [0.25, 0.3) is 0 Å². The molecule has 0 saturated heterocycles. The van der Waals surface area contributed by atoms with Crippen LogP contribution in [0.3, 0.4) is 0 Å². The lowest BCUT2D eigenvalue weighted by Gasteiger charge is -2.16. The highest BCUT2D eigenvalue weighted by Gasteiger charge is 2.11. The molecule has 1 heterocycles. The highest BCUT2D eigenvalue weighted by atomic mass is 19.1. The van der Waals surface area contributed by atoms with E-state index in [1.54, 1.807) is 18.2 Å². The van der Waals surface area contributed by atoms with Crippen LogP contribution in [0.5, 0.6) is 5.75 Å². The number of halogens is 1. The summed E-state index contributed by atoms with van der Waals surface area (Å²) in [6, 6.07) is 8.49. The normalized spacial score (nSPS) is 12.5. The minimum Gasteiger partial charge on any atom is -0.485 e. The number of fused-ring (bicyclic) bond motifs is 1. The molecule has 0 spiro atoms. The number of H-pyrrole nitrogens is 1. The third-order valence-corrected chi connectivity index (χ3v) is 3.12. The van der Waals surface area contributed by atoms with Gasteiger partial charge in [-0.2, -0.15) is 0 Å². The van der Waals surface area contributed by atoms with Crippen LogP contribution < -0.4 is 10.3 Å². The Bertz CT molecular complexity index is 626. The van der Waals surface area contributed by atoms with Gasteiger partial charge in [0.05, 0.1) is 12.1 Å². The topological polar surface area (TPSA) is 51.3 Å². The minimum atomic E-state index is -0.630. The first kappa shape index (κ1) is 15.5. The van der Waals surface area contributed by atoms with Gasteiger partial charge < -0.3 is 14.5 Å². The molecule has 0 fully saturated rings. The van der Waals surface area contributed by atoms with Crippen molar-refractivity contribution in [1.29, 1.82) is 0 Å². The molecule has 4 nitrogen and oxygen atoms in total. The largest absolute Gasteiger partial charge is 0.485 e. The van der Waals surface area contributed by atoms with E-state index in [0.717, 1.165) is 18.2 Å². The van der Waals surface area contributed by atoms with E-state index < -0.39 is 12.8 Å². The van der Waals surface area contributed by atoms with Crippen molar-refractivity contribution >= 4 is 10.9 Å². The Kier molecular flexibility index (Phi) is 5.75. The highest BCUT2D eigenvalue weighted by molar-refractivity contribution is 5.79. The second kappa shape index (κ2) is 7.78. The van der Waals surface area contributed by atoms with Crippen molar-refractivity contribution in [2.45, 2.75) is 25.9 Å². The van der Waals surface area contributed by atoms with E-state index in [0.29, 0.717) is 17.9 Å². The number of unbranched alkanes of at least 4 members (excludes halogenated alkanes) is 1. The molecule has 1 aromatic carbocycles. The molecule has 0 bridgehead atoms. The predicted octanol–water partition coefficient (Wildman–Crippen LogP) is 3.06. The molecule has 1 atom stereocenters. The fourth-order valence-electron chi connectivity index (χ4n) is 1.97. The van der Waals surface area contributed by atoms with E-state index >= 15 is 0 Å². The molecule has 0 aliphatic rings. The third kappa shape index (κ3) is 4.56. The molecule has 0 amide bonds. The van der Waals surface area contributed by atoms with Gasteiger partial charge in [0.2, 0.25) is 5.56 Å². The van der Waals surface area contributed by atoms with Gasteiger partial charge in [-0.25, -0.2) is 4.39 Å². The molecule has 1 unspecified atom stereocenters. The first-order valence-corrected chi connectivity index (χ1v) is 7.16. The minimum absolute atomic E-state index is 0.176. The fourth-order valence-corrected chi connectivity index (χ4v) is 1.97. The Labute approximate surface area is 122 Å². The summed E-state index contributed by atoms with van der Waals surface area (Å²) < 4.78 is 23.9. The van der Waals surface area contributed by atoms with Crippen LogP contribution in [-0.4, -0.2) is 31.0 Å². The average molecular weight is 293 g/mol. The predicted molar refractivity (Wildman–Crippen MR) is 80.7 cm³/mol. The maximum Gasteiger partial charge on any atom is 0.248 e. The van der Waals surface area contributed by atoms with Gasteiger partial charge in [-0.3, -0.25) is 4.79 Å². The smallest absolute Gasteiger partial charge is 0.248 e. The van der Waals surface area contributed by atoms with Gasteiger partial charge in [-0.1, -0.05) is 13.3 Å². The summed E-state index contributed by atoms with van der Waals surface area (Å²) in [7, 11) is 0. The molecule has 0 aliphatic carbocycles. The number of hydrogen-bond acceptors (Lipinski definition) is 3. The van der Waals surface area contributed by atoms with Gasteiger partial charge in [0.1, 0.15) is 12.4 Å². The molecule has 5 heteroatoms. The summed E-state index contributed by atoms with van der Waals surface area (Å²) in [5, 5.41) is 0.901. The molecule has 1 N–H and O–H groups in total. The summed E-state index contributed by atoms with van der Waals surface area (Å²) >= 11 is 0. The number of aromatic nitrogens is 1. The van der Waals surface area contributed by atoms with Gasteiger partial charge in [0.15, 0.2) is 6.10 Å². The summed E-state index contributed by atoms with van der Waals surface area (Å²) in [6.07, 6.45) is 1.37. The third-order valence-electron chi connectivity index (χ3n) is 3.12. The van der Waals surface area contributed by atoms with E-state index in [1.807, 2.05) is 6.07 Å². The summed E-state index contributed by atoms with van der Waals surface area (Å²) in [4.78, 5) is 14.0. The fraction of sp³-hybridized carbons (Fsp3) is 0.438. The molecule has 2 rings (SSSR count). The van der Waals surface area contributed by atoms with E-state index in [4.69, 9.17) is 9.47 Å². The van der Waals surface area contributed by atoms with E-state index in [-0.39, 0.29) is 12.2 Å². The molecule has 114 valence electrons. The SMILES string of the molecule is CCCCOCC(CF)Oc1ccc2ccc(=O)[nH]c2c1. The van der Waals surface area contributed by atoms with E-state index in [1.165, 1.54) is 6.07 Å². The van der Waals surface area contributed by atoms with Crippen molar-refractivity contribution in [2.75, 3.05) is 19.9 Å². The van der Waals surface area contributed by atoms with Crippen LogP contribution in [-0.2, 0) is 4.74 Å². The van der Waals surface area contributed by atoms with Crippen LogP contribution in [0.25, 0.3) is 10.9 Å². The van der Waals surface area contributed by atoms with Gasteiger partial charge >= 0.3 is 0 Å². The number of benzene rings is 1. The zero-order chi connectivity index (χ0) is 15.1. The average Bonchev–Trinajstić information content (AvgIpc) is 2.50. The number of pyridine rings is 1. The van der Waals surface area contributed by atoms with Crippen molar-refractivity contribution in [2.24, 2.45) is 0 Å². The quantitative estimate of drug-likeness (QED) is 0.761. The first-order valence-electron chi connectivity index (χ1n) is 7.16. The maximum absolute atomic E-state index is 13.0. The Morgan fingerprint density at radius 3 is 2.86 bits per heavy atom. The summed E-state index contributed by atoms with van der Waals surface area (Å²) in [5.74, 6) is 0.520. The lowest BCUT2D eigenvalue weighted by molar-refractivity contribution is 0.0367. The van der Waals surface area contributed by atoms with Crippen LogP contribution in [0.1, 0.15) is 19.8 Å². The van der Waals surface area contributed by atoms with Crippen molar-refractivity contribution in [3.05, 3.63) is 40.7 Å². The Hall–Kier alpha value is -1.88. The Morgan fingerprint density at radius 1 is 1.29 bits per heavy atom. The second-order valence-electron chi connectivity index (χ2n) is 4.89. The Morgan fingerprint density at radius 2 is 2.10 bits per heavy atom. The molecule has 0 saturated carbocycles. The van der Waals surface area contributed by atoms with E-state index in [9.17, 15) is 9.18 Å².